The number of terminal acetylenes is 1. The predicted octanol–water partition coefficient (Wildman–Crippen LogP) is 2.18. The number of hydrogen-bond donors (Lipinski definition) is 0. The first-order valence-electron chi connectivity index (χ1n) is 6.74. The van der Waals surface area contributed by atoms with E-state index >= 15 is 0 Å². The summed E-state index contributed by atoms with van der Waals surface area (Å²) in [5.41, 5.74) is 0. The lowest BCUT2D eigenvalue weighted by Crippen LogP contribution is -2.32. The smallest absolute Gasteiger partial charge is 0.176 e. The van der Waals surface area contributed by atoms with Crippen LogP contribution in [0, 0.1) is 12.3 Å². The van der Waals surface area contributed by atoms with Crippen LogP contribution in [-0.2, 0) is 6.54 Å². The normalized spacial score (nSPS) is 19.8. The highest BCUT2D eigenvalue weighted by Gasteiger charge is 2.12. The van der Waals surface area contributed by atoms with Crippen molar-refractivity contribution in [1.29, 1.82) is 0 Å². The van der Waals surface area contributed by atoms with Gasteiger partial charge in [0.2, 0.25) is 0 Å². The van der Waals surface area contributed by atoms with Crippen LogP contribution in [0.5, 0.6) is 0 Å². The molecule has 98 valence electrons. The molecule has 1 saturated heterocycles. The molecule has 18 heavy (non-hydrogen) atoms. The Labute approximate surface area is 110 Å². The first-order chi connectivity index (χ1) is 8.78. The molecule has 0 radical (unpaired) electrons. The predicted molar refractivity (Wildman–Crippen MR) is 73.3 cm³/mol. The van der Waals surface area contributed by atoms with Gasteiger partial charge in [0.05, 0.1) is 6.54 Å². The summed E-state index contributed by atoms with van der Waals surface area (Å²) >= 11 is 0. The van der Waals surface area contributed by atoms with Crippen LogP contribution in [-0.4, -0.2) is 43.0 Å². The van der Waals surface area contributed by atoms with E-state index in [1.54, 1.807) is 0 Å². The van der Waals surface area contributed by atoms with Crippen LogP contribution in [0.4, 0.5) is 0 Å². The van der Waals surface area contributed by atoms with E-state index in [1.165, 1.54) is 25.8 Å². The number of furan rings is 1. The summed E-state index contributed by atoms with van der Waals surface area (Å²) in [6, 6.07) is 3.86. The van der Waals surface area contributed by atoms with E-state index in [2.05, 4.69) is 22.8 Å². The van der Waals surface area contributed by atoms with Gasteiger partial charge < -0.3 is 9.32 Å². The third kappa shape index (κ3) is 3.90. The Morgan fingerprint density at radius 2 is 2.00 bits per heavy atom. The lowest BCUT2D eigenvalue weighted by molar-refractivity contribution is 0.215. The molecule has 1 aromatic heterocycles. The van der Waals surface area contributed by atoms with E-state index in [4.69, 9.17) is 10.8 Å². The maximum Gasteiger partial charge on any atom is 0.176 e. The maximum atomic E-state index is 5.57. The summed E-state index contributed by atoms with van der Waals surface area (Å²) in [6.45, 7) is 5.47. The van der Waals surface area contributed by atoms with Crippen molar-refractivity contribution in [2.24, 2.45) is 0 Å². The lowest BCUT2D eigenvalue weighted by atomic mass is 10.2. The summed E-state index contributed by atoms with van der Waals surface area (Å²) in [7, 11) is 2.20. The van der Waals surface area contributed by atoms with Crippen molar-refractivity contribution in [3.05, 3.63) is 23.7 Å². The van der Waals surface area contributed by atoms with Gasteiger partial charge in [-0.25, -0.2) is 0 Å². The van der Waals surface area contributed by atoms with Gasteiger partial charge in [0, 0.05) is 13.1 Å². The second-order valence-electron chi connectivity index (χ2n) is 5.05. The number of rotatable bonds is 2. The van der Waals surface area contributed by atoms with Gasteiger partial charge in [-0.05, 0) is 51.0 Å². The van der Waals surface area contributed by atoms with Crippen LogP contribution >= 0.6 is 0 Å². The summed E-state index contributed by atoms with van der Waals surface area (Å²) in [5.74, 6) is 4.14. The highest BCUT2D eigenvalue weighted by molar-refractivity contribution is 5.22. The fourth-order valence-corrected chi connectivity index (χ4v) is 2.35. The van der Waals surface area contributed by atoms with E-state index in [9.17, 15) is 0 Å². The fourth-order valence-electron chi connectivity index (χ4n) is 2.35. The highest BCUT2D eigenvalue weighted by Crippen LogP contribution is 2.12. The van der Waals surface area contributed by atoms with Crippen molar-refractivity contribution in [1.82, 2.24) is 9.80 Å². The zero-order chi connectivity index (χ0) is 12.8. The SMILES string of the molecule is C#Cc1ccc(CN2CCCCCN(C)CC2)o1. The monoisotopic (exact) mass is 246 g/mol. The Bertz CT molecular complexity index is 405. The van der Waals surface area contributed by atoms with Gasteiger partial charge in [-0.2, -0.15) is 0 Å². The van der Waals surface area contributed by atoms with Crippen LogP contribution in [0.1, 0.15) is 30.8 Å². The number of likely N-dealkylation sites (N-methyl/N-ethyl adjacent to an activating group) is 1. The fraction of sp³-hybridized carbons (Fsp3) is 0.600. The number of nitrogens with zero attached hydrogens (tertiary/aromatic N) is 2. The molecule has 3 nitrogen and oxygen atoms in total. The average Bonchev–Trinajstić information content (AvgIpc) is 2.84. The van der Waals surface area contributed by atoms with Crippen LogP contribution in [0.15, 0.2) is 16.5 Å². The molecule has 0 spiro atoms. The standard InChI is InChI=1S/C15H22N2O/c1-3-14-7-8-15(18-14)13-17-10-6-4-5-9-16(2)11-12-17/h1,7-8H,4-6,9-13H2,2H3. The minimum absolute atomic E-state index is 0.631. The molecular weight excluding hydrogens is 224 g/mol. The molecule has 0 amide bonds. The van der Waals surface area contributed by atoms with Gasteiger partial charge in [0.25, 0.3) is 0 Å². The number of hydrogen-bond acceptors (Lipinski definition) is 3. The zero-order valence-electron chi connectivity index (χ0n) is 11.2. The second-order valence-corrected chi connectivity index (χ2v) is 5.05. The van der Waals surface area contributed by atoms with E-state index in [1.807, 2.05) is 12.1 Å². The van der Waals surface area contributed by atoms with E-state index in [0.717, 1.165) is 31.9 Å². The van der Waals surface area contributed by atoms with E-state index in [-0.39, 0.29) is 0 Å². The van der Waals surface area contributed by atoms with Crippen LogP contribution in [0.2, 0.25) is 0 Å². The first-order valence-corrected chi connectivity index (χ1v) is 6.74. The summed E-state index contributed by atoms with van der Waals surface area (Å²) in [4.78, 5) is 4.87. The first kappa shape index (κ1) is 13.2. The Morgan fingerprint density at radius 1 is 1.17 bits per heavy atom. The molecular formula is C15H22N2O. The van der Waals surface area contributed by atoms with Crippen molar-refractivity contribution in [3.8, 4) is 12.3 Å². The van der Waals surface area contributed by atoms with Crippen molar-refractivity contribution in [2.45, 2.75) is 25.8 Å². The molecule has 0 aromatic carbocycles. The minimum Gasteiger partial charge on any atom is -0.451 e. The third-order valence-electron chi connectivity index (χ3n) is 3.50. The zero-order valence-corrected chi connectivity index (χ0v) is 11.2. The molecule has 2 heterocycles. The average molecular weight is 246 g/mol. The summed E-state index contributed by atoms with van der Waals surface area (Å²) in [6.07, 6.45) is 9.22. The van der Waals surface area contributed by atoms with Crippen LogP contribution in [0.3, 0.4) is 0 Å². The molecule has 0 unspecified atom stereocenters. The second kappa shape index (κ2) is 6.63. The van der Waals surface area contributed by atoms with Crippen LogP contribution in [0.25, 0.3) is 0 Å². The van der Waals surface area contributed by atoms with Crippen molar-refractivity contribution >= 4 is 0 Å². The van der Waals surface area contributed by atoms with Gasteiger partial charge in [-0.1, -0.05) is 6.42 Å². The Morgan fingerprint density at radius 3 is 2.78 bits per heavy atom. The lowest BCUT2D eigenvalue weighted by Gasteiger charge is -2.22. The Hall–Kier alpha value is -1.24. The van der Waals surface area contributed by atoms with Gasteiger partial charge in [-0.3, -0.25) is 4.90 Å². The summed E-state index contributed by atoms with van der Waals surface area (Å²) in [5, 5.41) is 0. The third-order valence-corrected chi connectivity index (χ3v) is 3.50. The molecule has 0 bridgehead atoms. The maximum absolute atomic E-state index is 5.57. The molecule has 1 aliphatic heterocycles. The minimum atomic E-state index is 0.631. The molecule has 1 aliphatic rings. The van der Waals surface area contributed by atoms with Crippen molar-refractivity contribution in [3.63, 3.8) is 0 Å². The topological polar surface area (TPSA) is 19.6 Å². The van der Waals surface area contributed by atoms with Crippen molar-refractivity contribution in [2.75, 3.05) is 33.2 Å². The molecule has 0 N–H and O–H groups in total. The van der Waals surface area contributed by atoms with E-state index < -0.39 is 0 Å². The van der Waals surface area contributed by atoms with E-state index in [0.29, 0.717) is 5.76 Å². The quantitative estimate of drug-likeness (QED) is 0.746. The molecule has 3 heteroatoms. The largest absolute Gasteiger partial charge is 0.451 e. The Balaban J connectivity index is 1.91. The summed E-state index contributed by atoms with van der Waals surface area (Å²) < 4.78 is 5.57. The highest BCUT2D eigenvalue weighted by atomic mass is 16.3. The van der Waals surface area contributed by atoms with Gasteiger partial charge in [-0.15, -0.1) is 6.42 Å². The van der Waals surface area contributed by atoms with Gasteiger partial charge in [0.15, 0.2) is 5.76 Å². The van der Waals surface area contributed by atoms with Gasteiger partial charge in [0.1, 0.15) is 5.76 Å². The van der Waals surface area contributed by atoms with Crippen LogP contribution < -0.4 is 0 Å². The van der Waals surface area contributed by atoms with Gasteiger partial charge >= 0.3 is 0 Å². The molecule has 2 rings (SSSR count). The molecule has 1 aromatic rings. The molecule has 0 aliphatic carbocycles. The molecule has 0 atom stereocenters. The molecule has 1 fully saturated rings. The van der Waals surface area contributed by atoms with Crippen molar-refractivity contribution < 1.29 is 4.42 Å². The molecule has 0 saturated carbocycles. The Kier molecular flexibility index (Phi) is 4.86.